The quantitative estimate of drug-likeness (QED) is 0.621. The van der Waals surface area contributed by atoms with Crippen molar-refractivity contribution in [2.75, 3.05) is 0 Å². The highest BCUT2D eigenvalue weighted by atomic mass is 33.1. The molecule has 2 heterocycles. The summed E-state index contributed by atoms with van der Waals surface area (Å²) in [5.74, 6) is 0. The first-order chi connectivity index (χ1) is 5.75. The lowest BCUT2D eigenvalue weighted by atomic mass is 10.3. The van der Waals surface area contributed by atoms with E-state index in [0.29, 0.717) is 12.1 Å². The van der Waals surface area contributed by atoms with E-state index in [0.717, 1.165) is 4.90 Å². The molecule has 0 atom stereocenters. The number of aromatic nitrogens is 2. The zero-order chi connectivity index (χ0) is 8.55. The maximum absolute atomic E-state index is 10.9. The fraction of sp³-hybridized carbons (Fsp3) is 0.167. The van der Waals surface area contributed by atoms with Gasteiger partial charge in [-0.2, -0.15) is 0 Å². The minimum Gasteiger partial charge on any atom is -0.308 e. The molecule has 0 spiro atoms. The average Bonchev–Trinajstić information content (AvgIpc) is 2.03. The van der Waals surface area contributed by atoms with Crippen molar-refractivity contribution in [1.29, 1.82) is 0 Å². The van der Waals surface area contributed by atoms with Crippen molar-refractivity contribution < 1.29 is 4.79 Å². The Hall–Kier alpha value is -0.750. The number of nitrogens with one attached hydrogen (secondary N) is 1. The van der Waals surface area contributed by atoms with Crippen LogP contribution in [0, 0.1) is 0 Å². The summed E-state index contributed by atoms with van der Waals surface area (Å²) in [6, 6.07) is 0. The molecule has 1 N–H and O–H groups in total. The van der Waals surface area contributed by atoms with Gasteiger partial charge in [0.15, 0.2) is 0 Å². The number of hydrogen-bond acceptors (Lipinski definition) is 5. The highest BCUT2D eigenvalue weighted by Crippen LogP contribution is 2.37. The first-order valence-electron chi connectivity index (χ1n) is 3.21. The van der Waals surface area contributed by atoms with Crippen LogP contribution < -0.4 is 5.69 Å². The molecule has 0 aliphatic carbocycles. The monoisotopic (exact) mass is 200 g/mol. The van der Waals surface area contributed by atoms with Gasteiger partial charge in [-0.3, -0.25) is 4.79 Å². The summed E-state index contributed by atoms with van der Waals surface area (Å²) in [4.78, 5) is 28.7. The molecule has 0 bridgehead atoms. The molecule has 0 radical (unpaired) electrons. The summed E-state index contributed by atoms with van der Waals surface area (Å²) in [6.07, 6.45) is 1.79. The summed E-state index contributed by atoms with van der Waals surface area (Å²) in [5, 5.41) is 0.0642. The Morgan fingerprint density at radius 3 is 3.08 bits per heavy atom. The van der Waals surface area contributed by atoms with E-state index < -0.39 is 5.69 Å². The van der Waals surface area contributed by atoms with Crippen LogP contribution in [0.15, 0.2) is 15.9 Å². The third-order valence-corrected chi connectivity index (χ3v) is 3.69. The topological polar surface area (TPSA) is 62.8 Å². The Balaban J connectivity index is 2.50. The van der Waals surface area contributed by atoms with E-state index in [1.54, 1.807) is 0 Å². The van der Waals surface area contributed by atoms with Crippen molar-refractivity contribution in [1.82, 2.24) is 9.97 Å². The molecule has 0 unspecified atom stereocenters. The Morgan fingerprint density at radius 1 is 1.42 bits per heavy atom. The maximum atomic E-state index is 10.9. The zero-order valence-electron chi connectivity index (χ0n) is 5.86. The van der Waals surface area contributed by atoms with Gasteiger partial charge in [0, 0.05) is 11.9 Å². The fourth-order valence-electron chi connectivity index (χ4n) is 0.886. The van der Waals surface area contributed by atoms with Gasteiger partial charge >= 0.3 is 5.69 Å². The van der Waals surface area contributed by atoms with Crippen LogP contribution in [0.4, 0.5) is 0 Å². The van der Waals surface area contributed by atoms with Crippen LogP contribution in [0.3, 0.4) is 0 Å². The Bertz CT molecular complexity index is 387. The van der Waals surface area contributed by atoms with Gasteiger partial charge in [-0.25, -0.2) is 9.78 Å². The van der Waals surface area contributed by atoms with Crippen LogP contribution in [0.1, 0.15) is 5.69 Å². The number of rotatable bonds is 0. The summed E-state index contributed by atoms with van der Waals surface area (Å²) in [6.45, 7) is 0. The van der Waals surface area contributed by atoms with Crippen molar-refractivity contribution in [2.45, 2.75) is 11.3 Å². The van der Waals surface area contributed by atoms with E-state index in [4.69, 9.17) is 0 Å². The lowest BCUT2D eigenvalue weighted by Gasteiger charge is -2.10. The number of carbonyl (C=O) groups excluding carboxylic acids is 1. The second kappa shape index (κ2) is 2.95. The maximum Gasteiger partial charge on any atom is 0.345 e. The molecule has 1 aromatic heterocycles. The number of hydrogen-bond donors (Lipinski definition) is 1. The van der Waals surface area contributed by atoms with Gasteiger partial charge in [-0.15, -0.1) is 0 Å². The van der Waals surface area contributed by atoms with E-state index in [1.807, 2.05) is 0 Å². The van der Waals surface area contributed by atoms with Crippen molar-refractivity contribution in [3.63, 3.8) is 0 Å². The van der Waals surface area contributed by atoms with E-state index in [-0.39, 0.29) is 5.12 Å². The summed E-state index contributed by atoms with van der Waals surface area (Å²) in [7, 11) is 2.52. The van der Waals surface area contributed by atoms with Gasteiger partial charge in [0.1, 0.15) is 0 Å². The van der Waals surface area contributed by atoms with Gasteiger partial charge < -0.3 is 4.98 Å². The largest absolute Gasteiger partial charge is 0.345 e. The van der Waals surface area contributed by atoms with Crippen molar-refractivity contribution in [2.24, 2.45) is 0 Å². The van der Waals surface area contributed by atoms with Gasteiger partial charge in [0.2, 0.25) is 5.12 Å². The molecule has 1 aromatic rings. The molecule has 2 rings (SSSR count). The SMILES string of the molecule is O=C1Cc2[nH]c(=O)ncc2SS1. The molecular weight excluding hydrogens is 196 g/mol. The lowest BCUT2D eigenvalue weighted by molar-refractivity contribution is -0.110. The van der Waals surface area contributed by atoms with Crippen LogP contribution >= 0.6 is 21.6 Å². The summed E-state index contributed by atoms with van der Waals surface area (Å²) >= 11 is 0. The third-order valence-electron chi connectivity index (χ3n) is 1.40. The first kappa shape index (κ1) is 7.88. The van der Waals surface area contributed by atoms with Crippen molar-refractivity contribution >= 4 is 26.7 Å². The standard InChI is InChI=1S/C6H4N2O2S2/c9-5-1-3-4(11-12-5)2-7-6(10)8-3/h2H,1H2,(H,7,8,10). The molecular formula is C6H4N2O2S2. The van der Waals surface area contributed by atoms with E-state index in [2.05, 4.69) is 9.97 Å². The van der Waals surface area contributed by atoms with E-state index in [9.17, 15) is 9.59 Å². The van der Waals surface area contributed by atoms with Crippen molar-refractivity contribution in [3.05, 3.63) is 22.4 Å². The van der Waals surface area contributed by atoms with Crippen LogP contribution in [0.25, 0.3) is 0 Å². The molecule has 62 valence electrons. The smallest absolute Gasteiger partial charge is 0.308 e. The average molecular weight is 200 g/mol. The minimum absolute atomic E-state index is 0.0642. The van der Waals surface area contributed by atoms with E-state index >= 15 is 0 Å². The number of nitrogens with zero attached hydrogens (tertiary/aromatic N) is 1. The number of aromatic amines is 1. The minimum atomic E-state index is -0.394. The normalized spacial score (nSPS) is 15.8. The molecule has 0 amide bonds. The molecule has 12 heavy (non-hydrogen) atoms. The molecule has 0 saturated carbocycles. The Morgan fingerprint density at radius 2 is 2.25 bits per heavy atom. The summed E-state index contributed by atoms with van der Waals surface area (Å²) < 4.78 is 0. The summed E-state index contributed by atoms with van der Waals surface area (Å²) in [5.41, 5.74) is 0.290. The van der Waals surface area contributed by atoms with Gasteiger partial charge in [0.25, 0.3) is 0 Å². The lowest BCUT2D eigenvalue weighted by Crippen LogP contribution is -2.16. The van der Waals surface area contributed by atoms with Crippen LogP contribution in [-0.4, -0.2) is 15.1 Å². The van der Waals surface area contributed by atoms with E-state index in [1.165, 1.54) is 27.8 Å². The predicted molar refractivity (Wildman–Crippen MR) is 47.0 cm³/mol. The van der Waals surface area contributed by atoms with Crippen LogP contribution in [0.5, 0.6) is 0 Å². The number of carbonyl (C=O) groups is 1. The molecule has 0 aromatic carbocycles. The van der Waals surface area contributed by atoms with Gasteiger partial charge in [0.05, 0.1) is 11.3 Å². The molecule has 6 heteroatoms. The third kappa shape index (κ3) is 1.39. The Labute approximate surface area is 75.6 Å². The zero-order valence-corrected chi connectivity index (χ0v) is 7.50. The molecule has 1 aliphatic heterocycles. The van der Waals surface area contributed by atoms with Crippen LogP contribution in [0.2, 0.25) is 0 Å². The predicted octanol–water partition coefficient (Wildman–Crippen LogP) is 0.593. The highest BCUT2D eigenvalue weighted by molar-refractivity contribution is 8.82. The molecule has 4 nitrogen and oxygen atoms in total. The number of fused-ring (bicyclic) bond motifs is 1. The van der Waals surface area contributed by atoms with Gasteiger partial charge in [-0.05, 0) is 21.6 Å². The first-order valence-corrected chi connectivity index (χ1v) is 5.36. The van der Waals surface area contributed by atoms with Gasteiger partial charge in [-0.1, -0.05) is 0 Å². The molecule has 0 fully saturated rings. The highest BCUT2D eigenvalue weighted by Gasteiger charge is 2.17. The second-order valence-corrected chi connectivity index (χ2v) is 4.48. The van der Waals surface area contributed by atoms with Crippen LogP contribution in [-0.2, 0) is 11.2 Å². The van der Waals surface area contributed by atoms with Crippen molar-refractivity contribution in [3.8, 4) is 0 Å². The fourth-order valence-corrected chi connectivity index (χ4v) is 2.75. The molecule has 0 saturated heterocycles. The number of H-pyrrole nitrogens is 1. The Kier molecular flexibility index (Phi) is 1.93. The molecule has 1 aliphatic rings. The second-order valence-electron chi connectivity index (χ2n) is 2.25.